The molecule has 0 saturated carbocycles. The number of hydrogen-bond acceptors (Lipinski definition) is 2. The van der Waals surface area contributed by atoms with Crippen molar-refractivity contribution in [3.05, 3.63) is 35.4 Å². The molecule has 1 aromatic rings. The molecule has 1 aromatic carbocycles. The third-order valence-electron chi connectivity index (χ3n) is 4.78. The summed E-state index contributed by atoms with van der Waals surface area (Å²) in [7, 11) is 1.85. The van der Waals surface area contributed by atoms with Crippen LogP contribution in [-0.2, 0) is 13.0 Å². The number of likely N-dealkylation sites (tertiary alicyclic amines) is 1. The van der Waals surface area contributed by atoms with Crippen molar-refractivity contribution in [1.82, 2.24) is 15.5 Å². The van der Waals surface area contributed by atoms with Crippen molar-refractivity contribution in [3.63, 3.8) is 0 Å². The molecule has 1 aliphatic rings. The van der Waals surface area contributed by atoms with Gasteiger partial charge in [-0.3, -0.25) is 4.99 Å². The van der Waals surface area contributed by atoms with Gasteiger partial charge in [-0.1, -0.05) is 38.1 Å². The highest BCUT2D eigenvalue weighted by atomic mass is 15.2. The summed E-state index contributed by atoms with van der Waals surface area (Å²) in [6, 6.07) is 8.61. The van der Waals surface area contributed by atoms with Gasteiger partial charge in [0.2, 0.25) is 0 Å². The molecule has 1 heterocycles. The number of benzene rings is 1. The van der Waals surface area contributed by atoms with Crippen molar-refractivity contribution in [2.45, 2.75) is 39.7 Å². The molecule has 4 nitrogen and oxygen atoms in total. The van der Waals surface area contributed by atoms with E-state index >= 15 is 0 Å². The van der Waals surface area contributed by atoms with Crippen LogP contribution in [0, 0.1) is 5.92 Å². The van der Waals surface area contributed by atoms with Crippen molar-refractivity contribution in [2.24, 2.45) is 10.9 Å². The average molecular weight is 316 g/mol. The fraction of sp³-hybridized carbons (Fsp3) is 0.632. The second kappa shape index (κ2) is 9.56. The van der Waals surface area contributed by atoms with E-state index in [1.54, 1.807) is 0 Å². The van der Waals surface area contributed by atoms with Crippen LogP contribution in [0.25, 0.3) is 0 Å². The first-order valence-corrected chi connectivity index (χ1v) is 9.00. The molecule has 1 aliphatic heterocycles. The van der Waals surface area contributed by atoms with Gasteiger partial charge in [-0.2, -0.15) is 0 Å². The predicted molar refractivity (Wildman–Crippen MR) is 98.9 cm³/mol. The molecule has 0 radical (unpaired) electrons. The fourth-order valence-electron chi connectivity index (χ4n) is 3.32. The quantitative estimate of drug-likeness (QED) is 0.626. The topological polar surface area (TPSA) is 39.7 Å². The molecule has 0 aromatic heterocycles. The maximum absolute atomic E-state index is 4.36. The Morgan fingerprint density at radius 2 is 2.00 bits per heavy atom. The molecule has 0 amide bonds. The molecule has 128 valence electrons. The number of rotatable bonds is 6. The highest BCUT2D eigenvalue weighted by molar-refractivity contribution is 5.79. The standard InChI is InChI=1S/C19H32N4/c1-4-17-10-6-7-11-18(17)14-22-19(20-3)21-13-16-9-8-12-23(5-2)15-16/h6-7,10-11,16H,4-5,8-9,12-15H2,1-3H3,(H2,20,21,22). The van der Waals surface area contributed by atoms with E-state index in [0.717, 1.165) is 37.9 Å². The van der Waals surface area contributed by atoms with E-state index < -0.39 is 0 Å². The third-order valence-corrected chi connectivity index (χ3v) is 4.78. The maximum atomic E-state index is 4.36. The molecule has 0 bridgehead atoms. The highest BCUT2D eigenvalue weighted by Crippen LogP contribution is 2.15. The van der Waals surface area contributed by atoms with Gasteiger partial charge in [-0.25, -0.2) is 0 Å². The first-order valence-electron chi connectivity index (χ1n) is 9.00. The molecule has 4 heteroatoms. The van der Waals surface area contributed by atoms with Crippen LogP contribution >= 0.6 is 0 Å². The lowest BCUT2D eigenvalue weighted by Crippen LogP contribution is -2.44. The highest BCUT2D eigenvalue weighted by Gasteiger charge is 2.18. The molecule has 1 atom stereocenters. The van der Waals surface area contributed by atoms with E-state index in [9.17, 15) is 0 Å². The minimum Gasteiger partial charge on any atom is -0.356 e. The van der Waals surface area contributed by atoms with Gasteiger partial charge < -0.3 is 15.5 Å². The van der Waals surface area contributed by atoms with E-state index in [-0.39, 0.29) is 0 Å². The minimum atomic E-state index is 0.727. The predicted octanol–water partition coefficient (Wildman–Crippen LogP) is 2.65. The molecule has 0 aliphatic carbocycles. The Hall–Kier alpha value is -1.55. The number of piperidine rings is 1. The van der Waals surface area contributed by atoms with Gasteiger partial charge >= 0.3 is 0 Å². The lowest BCUT2D eigenvalue weighted by molar-refractivity contribution is 0.183. The lowest BCUT2D eigenvalue weighted by atomic mass is 9.98. The van der Waals surface area contributed by atoms with E-state index in [2.05, 4.69) is 58.6 Å². The lowest BCUT2D eigenvalue weighted by Gasteiger charge is -2.32. The third kappa shape index (κ3) is 5.54. The fourth-order valence-corrected chi connectivity index (χ4v) is 3.32. The summed E-state index contributed by atoms with van der Waals surface area (Å²) in [5.74, 6) is 1.63. The Labute approximate surface area is 141 Å². The van der Waals surface area contributed by atoms with Gasteiger partial charge in [0, 0.05) is 26.7 Å². The Bertz CT molecular complexity index is 498. The molecule has 0 spiro atoms. The first kappa shape index (κ1) is 17.8. The summed E-state index contributed by atoms with van der Waals surface area (Å²) < 4.78 is 0. The van der Waals surface area contributed by atoms with Crippen molar-refractivity contribution in [3.8, 4) is 0 Å². The zero-order valence-electron chi connectivity index (χ0n) is 14.9. The molecule has 2 N–H and O–H groups in total. The molecular formula is C19H32N4. The second-order valence-corrected chi connectivity index (χ2v) is 6.33. The van der Waals surface area contributed by atoms with Crippen LogP contribution in [0.5, 0.6) is 0 Å². The molecule has 1 fully saturated rings. The minimum absolute atomic E-state index is 0.727. The number of nitrogens with zero attached hydrogens (tertiary/aromatic N) is 2. The van der Waals surface area contributed by atoms with Crippen LogP contribution in [0.1, 0.15) is 37.8 Å². The van der Waals surface area contributed by atoms with Gasteiger partial charge in [0.1, 0.15) is 0 Å². The average Bonchev–Trinajstić information content (AvgIpc) is 2.62. The molecule has 1 saturated heterocycles. The monoisotopic (exact) mass is 316 g/mol. The number of nitrogens with one attached hydrogen (secondary N) is 2. The molecule has 23 heavy (non-hydrogen) atoms. The zero-order valence-corrected chi connectivity index (χ0v) is 14.9. The summed E-state index contributed by atoms with van der Waals surface area (Å²) in [4.78, 5) is 6.91. The van der Waals surface area contributed by atoms with E-state index in [0.29, 0.717) is 0 Å². The second-order valence-electron chi connectivity index (χ2n) is 6.33. The van der Waals surface area contributed by atoms with Gasteiger partial charge in [-0.05, 0) is 49.4 Å². The van der Waals surface area contributed by atoms with Gasteiger partial charge in [-0.15, -0.1) is 0 Å². The van der Waals surface area contributed by atoms with Crippen molar-refractivity contribution >= 4 is 5.96 Å². The van der Waals surface area contributed by atoms with E-state index in [1.165, 1.54) is 37.1 Å². The summed E-state index contributed by atoms with van der Waals surface area (Å²) in [6.45, 7) is 9.92. The summed E-state index contributed by atoms with van der Waals surface area (Å²) in [5, 5.41) is 6.95. The number of aryl methyl sites for hydroxylation is 1. The van der Waals surface area contributed by atoms with Crippen LogP contribution < -0.4 is 10.6 Å². The Morgan fingerprint density at radius 3 is 2.70 bits per heavy atom. The van der Waals surface area contributed by atoms with Crippen LogP contribution in [0.2, 0.25) is 0 Å². The van der Waals surface area contributed by atoms with E-state index in [4.69, 9.17) is 0 Å². The van der Waals surface area contributed by atoms with Crippen LogP contribution in [0.3, 0.4) is 0 Å². The van der Waals surface area contributed by atoms with Crippen LogP contribution in [-0.4, -0.2) is 44.1 Å². The molecule has 1 unspecified atom stereocenters. The number of guanidine groups is 1. The maximum Gasteiger partial charge on any atom is 0.191 e. The van der Waals surface area contributed by atoms with Crippen LogP contribution in [0.15, 0.2) is 29.3 Å². The summed E-state index contributed by atoms with van der Waals surface area (Å²) >= 11 is 0. The normalized spacial score (nSPS) is 19.6. The summed E-state index contributed by atoms with van der Waals surface area (Å²) in [6.07, 6.45) is 3.70. The SMILES string of the molecule is CCc1ccccc1CNC(=NC)NCC1CCCN(CC)C1. The number of hydrogen-bond donors (Lipinski definition) is 2. The molecular weight excluding hydrogens is 284 g/mol. The zero-order chi connectivity index (χ0) is 16.5. The first-order chi connectivity index (χ1) is 11.3. The van der Waals surface area contributed by atoms with Gasteiger partial charge in [0.05, 0.1) is 0 Å². The number of aliphatic imine (C=N–C) groups is 1. The Balaban J connectivity index is 1.79. The van der Waals surface area contributed by atoms with Gasteiger partial charge in [0.15, 0.2) is 5.96 Å². The van der Waals surface area contributed by atoms with Crippen molar-refractivity contribution in [2.75, 3.05) is 33.2 Å². The largest absolute Gasteiger partial charge is 0.356 e. The van der Waals surface area contributed by atoms with Crippen molar-refractivity contribution in [1.29, 1.82) is 0 Å². The Morgan fingerprint density at radius 1 is 1.22 bits per heavy atom. The van der Waals surface area contributed by atoms with Crippen LogP contribution in [0.4, 0.5) is 0 Å². The summed E-state index contributed by atoms with van der Waals surface area (Å²) in [5.41, 5.74) is 2.76. The van der Waals surface area contributed by atoms with Gasteiger partial charge in [0.25, 0.3) is 0 Å². The Kier molecular flexibility index (Phi) is 7.40. The van der Waals surface area contributed by atoms with Crippen molar-refractivity contribution < 1.29 is 0 Å². The van der Waals surface area contributed by atoms with E-state index in [1.807, 2.05) is 7.05 Å². The smallest absolute Gasteiger partial charge is 0.191 e. The molecule has 2 rings (SSSR count).